The van der Waals surface area contributed by atoms with E-state index < -0.39 is 0 Å². The van der Waals surface area contributed by atoms with Crippen molar-refractivity contribution in [2.45, 2.75) is 12.1 Å². The molecule has 2 nitrogen and oxygen atoms in total. The number of allylic oxidation sites excluding steroid dienone is 6. The van der Waals surface area contributed by atoms with Crippen LogP contribution in [0, 0.1) is 0 Å². The van der Waals surface area contributed by atoms with Gasteiger partial charge >= 0.3 is 0 Å². The summed E-state index contributed by atoms with van der Waals surface area (Å²) in [4.78, 5) is 2.88. The second-order valence-corrected chi connectivity index (χ2v) is 5.55. The number of nitrogens with one attached hydrogen (secondary N) is 2. The van der Waals surface area contributed by atoms with Gasteiger partial charge in [-0.2, -0.15) is 0 Å². The molecule has 0 fully saturated rings. The molecule has 18 heavy (non-hydrogen) atoms. The van der Waals surface area contributed by atoms with Gasteiger partial charge in [0.25, 0.3) is 0 Å². The monoisotopic (exact) mass is 244 g/mol. The molecular formula is C16H24N2+2. The highest BCUT2D eigenvalue weighted by molar-refractivity contribution is 5.50. The Morgan fingerprint density at radius 2 is 0.889 bits per heavy atom. The number of rotatable bonds is 2. The lowest BCUT2D eigenvalue weighted by Crippen LogP contribution is -3.09. The predicted molar refractivity (Wildman–Crippen MR) is 76.8 cm³/mol. The Morgan fingerprint density at radius 3 is 1.11 bits per heavy atom. The first kappa shape index (κ1) is 13.1. The van der Waals surface area contributed by atoms with E-state index in [1.807, 2.05) is 0 Å². The van der Waals surface area contributed by atoms with Gasteiger partial charge in [-0.25, -0.2) is 0 Å². The van der Waals surface area contributed by atoms with Crippen LogP contribution in [0.1, 0.15) is 0 Å². The summed E-state index contributed by atoms with van der Waals surface area (Å²) in [5.74, 6) is 0. The fraction of sp³-hybridized carbons (Fsp3) is 0.375. The molecule has 0 bridgehead atoms. The molecule has 0 radical (unpaired) electrons. The third-order valence-electron chi connectivity index (χ3n) is 3.60. The smallest absolute Gasteiger partial charge is 0.125 e. The molecule has 2 rings (SSSR count). The normalized spacial score (nSPS) is 26.8. The molecule has 2 aliphatic carbocycles. The second kappa shape index (κ2) is 5.51. The fourth-order valence-corrected chi connectivity index (χ4v) is 2.22. The summed E-state index contributed by atoms with van der Waals surface area (Å²) in [5.41, 5.74) is 2.62. The Morgan fingerprint density at radius 1 is 0.611 bits per heavy atom. The zero-order valence-electron chi connectivity index (χ0n) is 11.8. The molecule has 2 heteroatoms. The fourth-order valence-electron chi connectivity index (χ4n) is 2.22. The minimum Gasteiger partial charge on any atom is -0.331 e. The standard InChI is InChI=1S/C16H22N2/c1-17(2)15-9-5-13(6-10-15)14-7-11-16(12-8-14)18(3)4/h5-12,15-16H,1-4H3/p+2. The Bertz CT molecular complexity index is 374. The maximum atomic E-state index is 2.28. The molecule has 96 valence electrons. The van der Waals surface area contributed by atoms with Crippen LogP contribution in [0.5, 0.6) is 0 Å². The minimum absolute atomic E-state index is 0.505. The lowest BCUT2D eigenvalue weighted by Gasteiger charge is -2.19. The van der Waals surface area contributed by atoms with E-state index in [9.17, 15) is 0 Å². The molecule has 0 aromatic carbocycles. The summed E-state index contributed by atoms with van der Waals surface area (Å²) < 4.78 is 0. The summed E-state index contributed by atoms with van der Waals surface area (Å²) in [5, 5.41) is 0. The first-order valence-electron chi connectivity index (χ1n) is 6.65. The van der Waals surface area contributed by atoms with E-state index in [0.29, 0.717) is 12.1 Å². The third-order valence-corrected chi connectivity index (χ3v) is 3.60. The maximum absolute atomic E-state index is 2.28. The molecule has 0 aromatic rings. The second-order valence-electron chi connectivity index (χ2n) is 5.55. The van der Waals surface area contributed by atoms with Crippen LogP contribution < -0.4 is 9.80 Å². The molecule has 0 amide bonds. The number of hydrogen-bond donors (Lipinski definition) is 2. The van der Waals surface area contributed by atoms with Gasteiger partial charge in [0.05, 0.1) is 28.2 Å². The van der Waals surface area contributed by atoms with Gasteiger partial charge in [0.1, 0.15) is 12.1 Å². The van der Waals surface area contributed by atoms with Crippen LogP contribution in [0.15, 0.2) is 59.8 Å². The average molecular weight is 244 g/mol. The van der Waals surface area contributed by atoms with Crippen molar-refractivity contribution in [1.29, 1.82) is 0 Å². The van der Waals surface area contributed by atoms with Crippen molar-refractivity contribution in [2.75, 3.05) is 28.2 Å². The molecule has 0 aliphatic heterocycles. The summed E-state index contributed by atoms with van der Waals surface area (Å²) in [6.07, 6.45) is 18.1. The zero-order valence-corrected chi connectivity index (χ0v) is 11.8. The molecule has 0 heterocycles. The van der Waals surface area contributed by atoms with Crippen molar-refractivity contribution in [1.82, 2.24) is 0 Å². The third kappa shape index (κ3) is 2.89. The Labute approximate surface area is 110 Å². The number of quaternary nitrogens is 2. The van der Waals surface area contributed by atoms with Gasteiger partial charge in [-0.05, 0) is 35.5 Å². The van der Waals surface area contributed by atoms with Crippen LogP contribution in [0.25, 0.3) is 0 Å². The molecular weight excluding hydrogens is 220 g/mol. The highest BCUT2D eigenvalue weighted by Gasteiger charge is 2.14. The van der Waals surface area contributed by atoms with Gasteiger partial charge in [-0.3, -0.25) is 0 Å². The van der Waals surface area contributed by atoms with Crippen molar-refractivity contribution in [3.8, 4) is 0 Å². The molecule has 2 aliphatic rings. The highest BCUT2D eigenvalue weighted by atomic mass is 15.1. The molecule has 0 unspecified atom stereocenters. The summed E-state index contributed by atoms with van der Waals surface area (Å²) in [7, 11) is 8.73. The summed E-state index contributed by atoms with van der Waals surface area (Å²) >= 11 is 0. The van der Waals surface area contributed by atoms with Crippen LogP contribution in [0.2, 0.25) is 0 Å². The molecule has 0 aromatic heterocycles. The zero-order chi connectivity index (χ0) is 13.1. The van der Waals surface area contributed by atoms with E-state index in [1.165, 1.54) is 20.9 Å². The SMILES string of the molecule is C[NH+](C)C1C=CC(=C2C=CC([NH+](C)C)C=C2)C=C1. The van der Waals surface area contributed by atoms with Crippen molar-refractivity contribution < 1.29 is 9.80 Å². The largest absolute Gasteiger partial charge is 0.331 e. The van der Waals surface area contributed by atoms with E-state index in [0.717, 1.165) is 0 Å². The van der Waals surface area contributed by atoms with Crippen LogP contribution in [-0.2, 0) is 0 Å². The van der Waals surface area contributed by atoms with Crippen LogP contribution in [-0.4, -0.2) is 40.3 Å². The minimum atomic E-state index is 0.505. The first-order valence-corrected chi connectivity index (χ1v) is 6.65. The first-order chi connectivity index (χ1) is 8.58. The molecule has 0 atom stereocenters. The maximum Gasteiger partial charge on any atom is 0.125 e. The van der Waals surface area contributed by atoms with Gasteiger partial charge in [-0.15, -0.1) is 0 Å². The lowest BCUT2D eigenvalue weighted by molar-refractivity contribution is -0.871. The van der Waals surface area contributed by atoms with Gasteiger partial charge in [0, 0.05) is 0 Å². The van der Waals surface area contributed by atoms with Crippen LogP contribution >= 0.6 is 0 Å². The van der Waals surface area contributed by atoms with Crippen LogP contribution in [0.4, 0.5) is 0 Å². The average Bonchev–Trinajstić information content (AvgIpc) is 2.39. The van der Waals surface area contributed by atoms with Gasteiger partial charge in [0.15, 0.2) is 0 Å². The highest BCUT2D eigenvalue weighted by Crippen LogP contribution is 2.18. The van der Waals surface area contributed by atoms with Gasteiger partial charge in [0.2, 0.25) is 0 Å². The van der Waals surface area contributed by atoms with Crippen molar-refractivity contribution in [2.24, 2.45) is 0 Å². The number of likely N-dealkylation sites (N-methyl/N-ethyl adjacent to an activating group) is 2. The topological polar surface area (TPSA) is 8.88 Å². The van der Waals surface area contributed by atoms with Crippen LogP contribution in [0.3, 0.4) is 0 Å². The van der Waals surface area contributed by atoms with Crippen molar-refractivity contribution in [3.63, 3.8) is 0 Å². The van der Waals surface area contributed by atoms with Gasteiger partial charge < -0.3 is 9.80 Å². The predicted octanol–water partition coefficient (Wildman–Crippen LogP) is -0.439. The van der Waals surface area contributed by atoms with E-state index >= 15 is 0 Å². The molecule has 0 spiro atoms. The Hall–Kier alpha value is -1.38. The lowest BCUT2D eigenvalue weighted by atomic mass is 9.96. The Kier molecular flexibility index (Phi) is 4.00. The summed E-state index contributed by atoms with van der Waals surface area (Å²) in [6.45, 7) is 0. The number of hydrogen-bond acceptors (Lipinski definition) is 0. The molecule has 2 N–H and O–H groups in total. The van der Waals surface area contributed by atoms with Gasteiger partial charge in [-0.1, -0.05) is 24.3 Å². The van der Waals surface area contributed by atoms with Crippen molar-refractivity contribution in [3.05, 3.63) is 59.8 Å². The molecule has 0 saturated heterocycles. The van der Waals surface area contributed by atoms with E-state index in [1.54, 1.807) is 0 Å². The van der Waals surface area contributed by atoms with Crippen molar-refractivity contribution >= 4 is 0 Å². The summed E-state index contributed by atoms with van der Waals surface area (Å²) in [6, 6.07) is 1.01. The van der Waals surface area contributed by atoms with E-state index in [2.05, 4.69) is 76.8 Å². The molecule has 0 saturated carbocycles. The van der Waals surface area contributed by atoms with E-state index in [-0.39, 0.29) is 0 Å². The quantitative estimate of drug-likeness (QED) is 0.652. The Balaban J connectivity index is 2.13. The van der Waals surface area contributed by atoms with E-state index in [4.69, 9.17) is 0 Å².